The van der Waals surface area contributed by atoms with Gasteiger partial charge in [-0.2, -0.15) is 0 Å². The van der Waals surface area contributed by atoms with E-state index in [1.807, 2.05) is 0 Å². The van der Waals surface area contributed by atoms with Crippen molar-refractivity contribution < 1.29 is 18.3 Å². The molecular weight excluding hydrogens is 290 g/mol. The lowest BCUT2D eigenvalue weighted by Gasteiger charge is -2.03. The van der Waals surface area contributed by atoms with Crippen molar-refractivity contribution in [1.29, 1.82) is 0 Å². The molecule has 0 aliphatic carbocycles. The van der Waals surface area contributed by atoms with Gasteiger partial charge in [-0.1, -0.05) is 70.4 Å². The number of rotatable bonds is 15. The van der Waals surface area contributed by atoms with E-state index in [2.05, 4.69) is 6.58 Å². The Morgan fingerprint density at radius 1 is 0.952 bits per heavy atom. The number of carbonyl (C=O) groups excluding carboxylic acids is 1. The Morgan fingerprint density at radius 2 is 1.43 bits per heavy atom. The molecule has 0 heterocycles. The second-order valence-corrected chi connectivity index (χ2v) is 6.51. The summed E-state index contributed by atoms with van der Waals surface area (Å²) < 4.78 is 28.7. The van der Waals surface area contributed by atoms with Gasteiger partial charge in [-0.25, -0.2) is 13.6 Å². The third kappa shape index (κ3) is 17.2. The highest BCUT2D eigenvalue weighted by Crippen LogP contribution is 2.11. The van der Waals surface area contributed by atoms with Crippen LogP contribution in [0, 0.1) is 0 Å². The smallest absolute Gasteiger partial charge is 0.330 e. The first kappa shape index (κ1) is 20.3. The van der Waals surface area contributed by atoms with E-state index in [-0.39, 0.29) is 15.5 Å². The van der Waals surface area contributed by atoms with E-state index < -0.39 is 6.05 Å². The summed E-state index contributed by atoms with van der Waals surface area (Å²) in [5.74, 6) is -0.343. The molecule has 0 bridgehead atoms. The van der Waals surface area contributed by atoms with Crippen molar-refractivity contribution in [1.82, 2.24) is 0 Å². The number of halogens is 2. The van der Waals surface area contributed by atoms with Crippen LogP contribution < -0.4 is 0 Å². The number of esters is 1. The van der Waals surface area contributed by atoms with E-state index in [0.717, 1.165) is 25.7 Å². The molecule has 0 aliphatic rings. The summed E-state index contributed by atoms with van der Waals surface area (Å²) in [4.78, 5) is 10.8. The van der Waals surface area contributed by atoms with Gasteiger partial charge < -0.3 is 4.74 Å². The quantitative estimate of drug-likeness (QED) is 0.185. The van der Waals surface area contributed by atoms with Crippen molar-refractivity contribution in [3.05, 3.63) is 12.7 Å². The fraction of sp³-hybridized carbons (Fsp3) is 0.812. The van der Waals surface area contributed by atoms with Gasteiger partial charge in [-0.15, -0.1) is 0 Å². The predicted molar refractivity (Wildman–Crippen MR) is 83.9 cm³/mol. The largest absolute Gasteiger partial charge is 0.463 e. The maximum absolute atomic E-state index is 11.9. The van der Waals surface area contributed by atoms with Crippen LogP contribution in [0.5, 0.6) is 0 Å². The van der Waals surface area contributed by atoms with Crippen molar-refractivity contribution >= 4 is 15.5 Å². The minimum Gasteiger partial charge on any atom is -0.463 e. The summed E-state index contributed by atoms with van der Waals surface area (Å²) in [7, 11) is -0.172. The molecule has 0 amide bonds. The van der Waals surface area contributed by atoms with Crippen LogP contribution >= 0.6 is 0 Å². The van der Waals surface area contributed by atoms with Gasteiger partial charge in [0.05, 0.1) is 6.61 Å². The molecule has 21 heavy (non-hydrogen) atoms. The standard InChI is InChI=1S/C16H28F2O2Si/c1-2-15(19)20-13-11-9-7-5-3-4-6-8-10-12-14-21-16(17)18/h2,16H,1,3-14H2. The molecule has 2 radical (unpaired) electrons. The summed E-state index contributed by atoms with van der Waals surface area (Å²) in [6.45, 7) is 3.83. The number of unbranched alkanes of at least 4 members (excludes halogenated alkanes) is 9. The lowest BCUT2D eigenvalue weighted by molar-refractivity contribution is -0.137. The molecule has 0 saturated heterocycles. The average molecular weight is 318 g/mol. The molecule has 0 rings (SSSR count). The van der Waals surface area contributed by atoms with E-state index in [4.69, 9.17) is 4.74 Å². The number of hydrogen-bond donors (Lipinski definition) is 0. The first-order valence-electron chi connectivity index (χ1n) is 7.97. The van der Waals surface area contributed by atoms with Gasteiger partial charge in [0.25, 0.3) is 0 Å². The highest BCUT2D eigenvalue weighted by Gasteiger charge is 2.02. The molecule has 0 aromatic carbocycles. The van der Waals surface area contributed by atoms with Crippen LogP contribution in [0.15, 0.2) is 12.7 Å². The number of hydrogen-bond acceptors (Lipinski definition) is 2. The maximum atomic E-state index is 11.9. The third-order valence-electron chi connectivity index (χ3n) is 3.28. The van der Waals surface area contributed by atoms with Crippen LogP contribution in [0.1, 0.15) is 64.2 Å². The highest BCUT2D eigenvalue weighted by molar-refractivity contribution is 6.36. The van der Waals surface area contributed by atoms with Crippen LogP contribution in [0.2, 0.25) is 6.04 Å². The molecule has 0 saturated carbocycles. The molecular formula is C16H28F2O2Si. The van der Waals surface area contributed by atoms with Crippen LogP contribution in [-0.4, -0.2) is 28.1 Å². The Balaban J connectivity index is 3.02. The van der Waals surface area contributed by atoms with E-state index in [0.29, 0.717) is 12.7 Å². The van der Waals surface area contributed by atoms with Crippen LogP contribution in [-0.2, 0) is 9.53 Å². The molecule has 0 N–H and O–H groups in total. The molecule has 0 aromatic heterocycles. The van der Waals surface area contributed by atoms with Gasteiger partial charge in [-0.3, -0.25) is 0 Å². The molecule has 122 valence electrons. The van der Waals surface area contributed by atoms with Crippen molar-refractivity contribution in [3.63, 3.8) is 0 Å². The fourth-order valence-electron chi connectivity index (χ4n) is 2.08. The molecule has 0 atom stereocenters. The van der Waals surface area contributed by atoms with Crippen molar-refractivity contribution in [3.8, 4) is 0 Å². The van der Waals surface area contributed by atoms with E-state index in [9.17, 15) is 13.6 Å². The van der Waals surface area contributed by atoms with Gasteiger partial charge in [0.1, 0.15) is 9.52 Å². The minimum atomic E-state index is -2.11. The summed E-state index contributed by atoms with van der Waals surface area (Å²) in [5, 5.41) is 0. The normalized spacial score (nSPS) is 10.8. The fourth-order valence-corrected chi connectivity index (χ4v) is 2.76. The van der Waals surface area contributed by atoms with Gasteiger partial charge in [0.15, 0.2) is 0 Å². The monoisotopic (exact) mass is 318 g/mol. The Bertz CT molecular complexity index is 261. The van der Waals surface area contributed by atoms with Crippen LogP contribution in [0.4, 0.5) is 8.78 Å². The van der Waals surface area contributed by atoms with Crippen molar-refractivity contribution in [2.45, 2.75) is 76.3 Å². The lowest BCUT2D eigenvalue weighted by atomic mass is 10.1. The van der Waals surface area contributed by atoms with Gasteiger partial charge in [-0.05, 0) is 6.42 Å². The average Bonchev–Trinajstić information content (AvgIpc) is 2.46. The first-order chi connectivity index (χ1) is 10.2. The summed E-state index contributed by atoms with van der Waals surface area (Å²) in [6.07, 6.45) is 12.5. The molecule has 0 unspecified atom stereocenters. The predicted octanol–water partition coefficient (Wildman–Crippen LogP) is 4.96. The number of ether oxygens (including phenoxy) is 1. The zero-order valence-electron chi connectivity index (χ0n) is 12.9. The van der Waals surface area contributed by atoms with Crippen LogP contribution in [0.3, 0.4) is 0 Å². The lowest BCUT2D eigenvalue weighted by Crippen LogP contribution is -2.02. The van der Waals surface area contributed by atoms with Gasteiger partial charge >= 0.3 is 5.97 Å². The van der Waals surface area contributed by atoms with E-state index >= 15 is 0 Å². The van der Waals surface area contributed by atoms with Gasteiger partial charge in [0.2, 0.25) is 6.05 Å². The summed E-state index contributed by atoms with van der Waals surface area (Å²) >= 11 is 0. The molecule has 0 spiro atoms. The van der Waals surface area contributed by atoms with Crippen LogP contribution in [0.25, 0.3) is 0 Å². The topological polar surface area (TPSA) is 26.3 Å². The summed E-state index contributed by atoms with van der Waals surface area (Å²) in [6, 6.07) is -1.42. The van der Waals surface area contributed by atoms with Gasteiger partial charge in [0, 0.05) is 6.08 Å². The van der Waals surface area contributed by atoms with Crippen molar-refractivity contribution in [2.24, 2.45) is 0 Å². The third-order valence-corrected chi connectivity index (χ3v) is 4.23. The molecule has 5 heteroatoms. The van der Waals surface area contributed by atoms with Crippen molar-refractivity contribution in [2.75, 3.05) is 6.61 Å². The summed E-state index contributed by atoms with van der Waals surface area (Å²) in [5.41, 5.74) is 0. The Kier molecular flexibility index (Phi) is 15.1. The Morgan fingerprint density at radius 3 is 1.90 bits per heavy atom. The highest BCUT2D eigenvalue weighted by atomic mass is 28.2. The Labute approximate surface area is 130 Å². The minimum absolute atomic E-state index is 0.172. The second-order valence-electron chi connectivity index (χ2n) is 5.16. The maximum Gasteiger partial charge on any atom is 0.330 e. The first-order valence-corrected chi connectivity index (χ1v) is 9.26. The SMILES string of the molecule is C=CC(=O)OCCCCCCCCCCCC[Si]C(F)F. The number of carbonyl (C=O) groups is 1. The zero-order chi connectivity index (χ0) is 15.8. The molecule has 0 aliphatic heterocycles. The Hall–Kier alpha value is -0.713. The van der Waals surface area contributed by atoms with E-state index in [1.54, 1.807) is 0 Å². The van der Waals surface area contributed by atoms with E-state index in [1.165, 1.54) is 44.6 Å². The molecule has 0 aromatic rings. The molecule has 2 nitrogen and oxygen atoms in total. The number of alkyl halides is 2. The second kappa shape index (κ2) is 15.7. The molecule has 0 fully saturated rings. The zero-order valence-corrected chi connectivity index (χ0v) is 13.9.